The van der Waals surface area contributed by atoms with E-state index >= 15 is 0 Å². The average molecular weight is 306 g/mol. The summed E-state index contributed by atoms with van der Waals surface area (Å²) in [6.07, 6.45) is 1.17. The normalized spacial score (nSPS) is 13.2. The Morgan fingerprint density at radius 2 is 1.72 bits per heavy atom. The molecular weight excluding hydrogens is 286 g/mol. The molecule has 0 amide bonds. The topological polar surface area (TPSA) is 12.0 Å². The molecule has 96 valence electrons. The zero-order valence-electron chi connectivity index (χ0n) is 11.2. The van der Waals surface area contributed by atoms with Gasteiger partial charge in [0.2, 0.25) is 0 Å². The van der Waals surface area contributed by atoms with Crippen LogP contribution >= 0.6 is 15.9 Å². The lowest BCUT2D eigenvalue weighted by Crippen LogP contribution is -2.18. The van der Waals surface area contributed by atoms with Crippen molar-refractivity contribution in [2.75, 3.05) is 7.05 Å². The monoisotopic (exact) mass is 305 g/mol. The lowest BCUT2D eigenvalue weighted by atomic mass is 9.95. The molecule has 0 aliphatic carbocycles. The number of hydrogen-bond acceptors (Lipinski definition) is 1. The number of halogens is 1. The van der Waals surface area contributed by atoms with Crippen molar-refractivity contribution < 1.29 is 0 Å². The van der Waals surface area contributed by atoms with E-state index in [1.807, 2.05) is 7.05 Å². The van der Waals surface area contributed by atoms with Crippen LogP contribution in [0.1, 0.15) is 31.9 Å². The van der Waals surface area contributed by atoms with Crippen molar-refractivity contribution in [3.05, 3.63) is 46.4 Å². The van der Waals surface area contributed by atoms with Gasteiger partial charge in [-0.25, -0.2) is 0 Å². The largest absolute Gasteiger partial charge is 0.313 e. The fourth-order valence-corrected chi connectivity index (χ4v) is 2.72. The molecule has 0 bridgehead atoms. The Labute approximate surface area is 118 Å². The molecule has 0 aromatic heterocycles. The molecule has 0 fully saturated rings. The summed E-state index contributed by atoms with van der Waals surface area (Å²) >= 11 is 3.51. The quantitative estimate of drug-likeness (QED) is 0.846. The molecule has 1 N–H and O–H groups in total. The predicted molar refractivity (Wildman–Crippen MR) is 82.9 cm³/mol. The van der Waals surface area contributed by atoms with E-state index in [-0.39, 0.29) is 0 Å². The van der Waals surface area contributed by atoms with Gasteiger partial charge >= 0.3 is 0 Å². The SMILES string of the molecule is CNC(CC(C)C)c1ccc2cc(Br)ccc2c1. The standard InChI is InChI=1S/C16H20BrN/c1-11(2)8-16(18-3)14-5-4-13-10-15(17)7-6-12(13)9-14/h4-7,9-11,16,18H,8H2,1-3H3. The highest BCUT2D eigenvalue weighted by molar-refractivity contribution is 9.10. The average Bonchev–Trinajstić information content (AvgIpc) is 2.35. The van der Waals surface area contributed by atoms with E-state index in [4.69, 9.17) is 0 Å². The molecular formula is C16H20BrN. The third kappa shape index (κ3) is 3.12. The Morgan fingerprint density at radius 3 is 2.39 bits per heavy atom. The molecule has 0 saturated carbocycles. The fourth-order valence-electron chi connectivity index (χ4n) is 2.34. The van der Waals surface area contributed by atoms with Gasteiger partial charge < -0.3 is 5.32 Å². The first-order valence-electron chi connectivity index (χ1n) is 6.46. The van der Waals surface area contributed by atoms with Crippen LogP contribution in [0.5, 0.6) is 0 Å². The molecule has 2 aromatic carbocycles. The number of nitrogens with one attached hydrogen (secondary N) is 1. The molecule has 2 aromatic rings. The Morgan fingerprint density at radius 1 is 1.06 bits per heavy atom. The first kappa shape index (κ1) is 13.6. The fraction of sp³-hybridized carbons (Fsp3) is 0.375. The highest BCUT2D eigenvalue weighted by Gasteiger charge is 2.11. The Balaban J connectivity index is 2.36. The zero-order valence-corrected chi connectivity index (χ0v) is 12.8. The van der Waals surface area contributed by atoms with Crippen LogP contribution in [0.25, 0.3) is 10.8 Å². The summed E-state index contributed by atoms with van der Waals surface area (Å²) in [5.74, 6) is 0.697. The van der Waals surface area contributed by atoms with E-state index in [1.165, 1.54) is 22.8 Å². The lowest BCUT2D eigenvalue weighted by molar-refractivity contribution is 0.457. The van der Waals surface area contributed by atoms with Gasteiger partial charge in [0.05, 0.1) is 0 Å². The van der Waals surface area contributed by atoms with Gasteiger partial charge in [-0.2, -0.15) is 0 Å². The van der Waals surface area contributed by atoms with E-state index in [1.54, 1.807) is 0 Å². The van der Waals surface area contributed by atoms with Crippen molar-refractivity contribution in [2.45, 2.75) is 26.3 Å². The van der Waals surface area contributed by atoms with Crippen LogP contribution in [0.2, 0.25) is 0 Å². The molecule has 18 heavy (non-hydrogen) atoms. The maximum atomic E-state index is 3.51. The second-order valence-electron chi connectivity index (χ2n) is 5.22. The van der Waals surface area contributed by atoms with Crippen LogP contribution in [0.4, 0.5) is 0 Å². The van der Waals surface area contributed by atoms with Crippen LogP contribution < -0.4 is 5.32 Å². The van der Waals surface area contributed by atoms with Crippen LogP contribution in [-0.4, -0.2) is 7.05 Å². The van der Waals surface area contributed by atoms with Crippen molar-refractivity contribution in [1.29, 1.82) is 0 Å². The van der Waals surface area contributed by atoms with E-state index in [0.717, 1.165) is 4.47 Å². The summed E-state index contributed by atoms with van der Waals surface area (Å²) < 4.78 is 1.13. The number of hydrogen-bond donors (Lipinski definition) is 1. The number of fused-ring (bicyclic) bond motifs is 1. The van der Waals surface area contributed by atoms with Gasteiger partial charge in [0, 0.05) is 10.5 Å². The maximum Gasteiger partial charge on any atom is 0.0320 e. The Hall–Kier alpha value is -0.860. The van der Waals surface area contributed by atoms with Crippen LogP contribution in [0, 0.1) is 5.92 Å². The van der Waals surface area contributed by atoms with Gasteiger partial charge in [-0.15, -0.1) is 0 Å². The molecule has 0 radical (unpaired) electrons. The smallest absolute Gasteiger partial charge is 0.0320 e. The van der Waals surface area contributed by atoms with Crippen LogP contribution in [0.15, 0.2) is 40.9 Å². The molecule has 0 aliphatic rings. The van der Waals surface area contributed by atoms with Crippen molar-refractivity contribution in [3.63, 3.8) is 0 Å². The molecule has 1 nitrogen and oxygen atoms in total. The minimum absolute atomic E-state index is 0.443. The second kappa shape index (κ2) is 5.85. The molecule has 0 spiro atoms. The van der Waals surface area contributed by atoms with E-state index in [2.05, 4.69) is 71.5 Å². The summed E-state index contributed by atoms with van der Waals surface area (Å²) in [4.78, 5) is 0. The first-order valence-corrected chi connectivity index (χ1v) is 7.26. The summed E-state index contributed by atoms with van der Waals surface area (Å²) in [6.45, 7) is 4.53. The highest BCUT2D eigenvalue weighted by Crippen LogP contribution is 2.26. The van der Waals surface area contributed by atoms with Crippen molar-refractivity contribution >= 4 is 26.7 Å². The minimum Gasteiger partial charge on any atom is -0.313 e. The van der Waals surface area contributed by atoms with Gasteiger partial charge in [0.25, 0.3) is 0 Å². The predicted octanol–water partition coefficient (Wildman–Crippen LogP) is 4.91. The minimum atomic E-state index is 0.443. The van der Waals surface area contributed by atoms with Gasteiger partial charge in [-0.1, -0.05) is 48.0 Å². The molecule has 2 rings (SSSR count). The summed E-state index contributed by atoms with van der Waals surface area (Å²) in [6, 6.07) is 13.6. The summed E-state index contributed by atoms with van der Waals surface area (Å²) in [5.41, 5.74) is 1.38. The maximum absolute atomic E-state index is 3.51. The second-order valence-corrected chi connectivity index (χ2v) is 6.14. The lowest BCUT2D eigenvalue weighted by Gasteiger charge is -2.19. The highest BCUT2D eigenvalue weighted by atomic mass is 79.9. The number of rotatable bonds is 4. The van der Waals surface area contributed by atoms with E-state index in [0.29, 0.717) is 12.0 Å². The van der Waals surface area contributed by atoms with Gasteiger partial charge in [-0.3, -0.25) is 0 Å². The molecule has 0 saturated heterocycles. The number of benzene rings is 2. The van der Waals surface area contributed by atoms with Crippen molar-refractivity contribution in [3.8, 4) is 0 Å². The Bertz CT molecular complexity index is 534. The molecule has 2 heteroatoms. The molecule has 1 atom stereocenters. The zero-order chi connectivity index (χ0) is 13.1. The van der Waals surface area contributed by atoms with Crippen molar-refractivity contribution in [1.82, 2.24) is 5.32 Å². The van der Waals surface area contributed by atoms with Gasteiger partial charge in [-0.05, 0) is 53.9 Å². The van der Waals surface area contributed by atoms with Crippen molar-refractivity contribution in [2.24, 2.45) is 5.92 Å². The third-order valence-corrected chi connectivity index (χ3v) is 3.78. The summed E-state index contributed by atoms with van der Waals surface area (Å²) in [5, 5.41) is 6.01. The van der Waals surface area contributed by atoms with Gasteiger partial charge in [0.15, 0.2) is 0 Å². The first-order chi connectivity index (χ1) is 8.60. The van der Waals surface area contributed by atoms with Crippen LogP contribution in [0.3, 0.4) is 0 Å². The molecule has 1 unspecified atom stereocenters. The van der Waals surface area contributed by atoms with Gasteiger partial charge in [0.1, 0.15) is 0 Å². The Kier molecular flexibility index (Phi) is 4.41. The molecule has 0 heterocycles. The third-order valence-electron chi connectivity index (χ3n) is 3.28. The van der Waals surface area contributed by atoms with Crippen LogP contribution in [-0.2, 0) is 0 Å². The van der Waals surface area contributed by atoms with E-state index < -0.39 is 0 Å². The van der Waals surface area contributed by atoms with E-state index in [9.17, 15) is 0 Å². The molecule has 0 aliphatic heterocycles. The summed E-state index contributed by atoms with van der Waals surface area (Å²) in [7, 11) is 2.04.